The first-order chi connectivity index (χ1) is 14.1. The fourth-order valence-corrected chi connectivity index (χ4v) is 3.81. The monoisotopic (exact) mass is 398 g/mol. The summed E-state index contributed by atoms with van der Waals surface area (Å²) in [4.78, 5) is 29.4. The Morgan fingerprint density at radius 1 is 1.14 bits per heavy atom. The molecule has 1 aromatic carbocycles. The lowest BCUT2D eigenvalue weighted by Gasteiger charge is -2.27. The average Bonchev–Trinajstić information content (AvgIpc) is 2.74. The van der Waals surface area contributed by atoms with E-state index in [0.29, 0.717) is 25.2 Å². The van der Waals surface area contributed by atoms with Crippen LogP contribution in [0.3, 0.4) is 0 Å². The maximum Gasteiger partial charge on any atom is 0.330 e. The van der Waals surface area contributed by atoms with Gasteiger partial charge >= 0.3 is 5.69 Å². The van der Waals surface area contributed by atoms with E-state index in [9.17, 15) is 14.7 Å². The number of hydrogen-bond acceptors (Lipinski definition) is 5. The number of H-pyrrole nitrogens is 1. The van der Waals surface area contributed by atoms with Gasteiger partial charge in [-0.2, -0.15) is 0 Å². The van der Waals surface area contributed by atoms with Gasteiger partial charge in [-0.3, -0.25) is 14.3 Å². The molecule has 0 atom stereocenters. The number of allylic oxidation sites excluding steroid dienone is 1. The molecule has 0 aliphatic heterocycles. The second-order valence-electron chi connectivity index (χ2n) is 7.49. The van der Waals surface area contributed by atoms with E-state index in [0.717, 1.165) is 24.8 Å². The summed E-state index contributed by atoms with van der Waals surface area (Å²) in [6, 6.07) is 9.53. The maximum absolute atomic E-state index is 12.7. The van der Waals surface area contributed by atoms with Gasteiger partial charge in [0.25, 0.3) is 5.56 Å². The normalized spacial score (nSPS) is 13.9. The molecule has 0 saturated heterocycles. The predicted octanol–water partition coefficient (Wildman–Crippen LogP) is 2.25. The van der Waals surface area contributed by atoms with Crippen molar-refractivity contribution in [3.8, 4) is 0 Å². The lowest BCUT2D eigenvalue weighted by Crippen LogP contribution is -2.39. The standard InChI is InChI=1S/C22H30N4O3/c23-20-19(25(13-7-15-27)14-12-17-8-3-1-4-9-17)21(28)24-22(29)26(20)16-18-10-5-2-6-11-18/h2,5-6,8,10-11,27H,1,3-4,7,9,12-16,23H2,(H,24,28,29). The molecule has 7 nitrogen and oxygen atoms in total. The summed E-state index contributed by atoms with van der Waals surface area (Å²) in [5.41, 5.74) is 7.98. The van der Waals surface area contributed by atoms with Crippen molar-refractivity contribution in [2.45, 2.75) is 45.1 Å². The van der Waals surface area contributed by atoms with E-state index in [1.807, 2.05) is 35.2 Å². The number of nitrogens with one attached hydrogen (secondary N) is 1. The zero-order chi connectivity index (χ0) is 20.6. The Balaban J connectivity index is 1.91. The molecule has 4 N–H and O–H groups in total. The van der Waals surface area contributed by atoms with Crippen LogP contribution < -0.4 is 21.9 Å². The van der Waals surface area contributed by atoms with Crippen molar-refractivity contribution in [1.82, 2.24) is 9.55 Å². The van der Waals surface area contributed by atoms with Crippen LogP contribution in [0.25, 0.3) is 0 Å². The Hall–Kier alpha value is -2.80. The Morgan fingerprint density at radius 2 is 1.93 bits per heavy atom. The summed E-state index contributed by atoms with van der Waals surface area (Å²) in [6.45, 7) is 1.44. The predicted molar refractivity (Wildman–Crippen MR) is 116 cm³/mol. The van der Waals surface area contributed by atoms with Crippen LogP contribution in [0.5, 0.6) is 0 Å². The molecule has 7 heteroatoms. The van der Waals surface area contributed by atoms with Gasteiger partial charge in [0, 0.05) is 19.7 Å². The Morgan fingerprint density at radius 3 is 2.62 bits per heavy atom. The van der Waals surface area contributed by atoms with Gasteiger partial charge in [0.05, 0.1) is 6.54 Å². The van der Waals surface area contributed by atoms with Crippen molar-refractivity contribution >= 4 is 11.5 Å². The number of aliphatic hydroxyl groups excluding tert-OH is 1. The molecule has 0 fully saturated rings. The van der Waals surface area contributed by atoms with Crippen molar-refractivity contribution < 1.29 is 5.11 Å². The molecule has 1 aromatic heterocycles. The molecule has 1 aliphatic carbocycles. The van der Waals surface area contributed by atoms with E-state index in [1.54, 1.807) is 0 Å². The molecule has 156 valence electrons. The summed E-state index contributed by atoms with van der Waals surface area (Å²) in [7, 11) is 0. The third-order valence-corrected chi connectivity index (χ3v) is 5.39. The highest BCUT2D eigenvalue weighted by molar-refractivity contribution is 5.62. The minimum Gasteiger partial charge on any atom is -0.396 e. The number of rotatable bonds is 9. The zero-order valence-corrected chi connectivity index (χ0v) is 16.8. The van der Waals surface area contributed by atoms with Crippen LogP contribution in [0.4, 0.5) is 11.5 Å². The van der Waals surface area contributed by atoms with Crippen LogP contribution in [-0.4, -0.2) is 34.4 Å². The second kappa shape index (κ2) is 10.1. The minimum absolute atomic E-state index is 0.0284. The quantitative estimate of drug-likeness (QED) is 0.562. The number of aromatic amines is 1. The lowest BCUT2D eigenvalue weighted by molar-refractivity contribution is 0.289. The highest BCUT2D eigenvalue weighted by atomic mass is 16.3. The van der Waals surface area contributed by atoms with Crippen molar-refractivity contribution in [2.75, 3.05) is 30.3 Å². The third kappa shape index (κ3) is 5.38. The Kier molecular flexibility index (Phi) is 7.30. The molecule has 0 unspecified atom stereocenters. The first-order valence-corrected chi connectivity index (χ1v) is 10.3. The first kappa shape index (κ1) is 20.9. The molecule has 0 radical (unpaired) electrons. The fourth-order valence-electron chi connectivity index (χ4n) is 3.81. The smallest absolute Gasteiger partial charge is 0.330 e. The number of nitrogens with two attached hydrogens (primary N) is 1. The van der Waals surface area contributed by atoms with Crippen LogP contribution in [0.2, 0.25) is 0 Å². The lowest BCUT2D eigenvalue weighted by atomic mass is 9.97. The van der Waals surface area contributed by atoms with Crippen molar-refractivity contribution in [3.05, 3.63) is 68.4 Å². The summed E-state index contributed by atoms with van der Waals surface area (Å²) in [5.74, 6) is 0.165. The van der Waals surface area contributed by atoms with E-state index >= 15 is 0 Å². The molecule has 1 heterocycles. The van der Waals surface area contributed by atoms with Gasteiger partial charge in [0.1, 0.15) is 11.5 Å². The number of benzene rings is 1. The maximum atomic E-state index is 12.7. The van der Waals surface area contributed by atoms with Gasteiger partial charge in [0.15, 0.2) is 0 Å². The van der Waals surface area contributed by atoms with Crippen molar-refractivity contribution in [1.29, 1.82) is 0 Å². The molecule has 0 amide bonds. The van der Waals surface area contributed by atoms with Crippen LogP contribution in [0.15, 0.2) is 51.6 Å². The Bertz CT molecular complexity index is 947. The van der Waals surface area contributed by atoms with E-state index in [1.165, 1.54) is 23.0 Å². The third-order valence-electron chi connectivity index (χ3n) is 5.39. The average molecular weight is 399 g/mol. The van der Waals surface area contributed by atoms with E-state index < -0.39 is 11.2 Å². The van der Waals surface area contributed by atoms with Gasteiger partial charge in [-0.25, -0.2) is 4.79 Å². The first-order valence-electron chi connectivity index (χ1n) is 10.3. The molecule has 2 aromatic rings. The molecule has 0 spiro atoms. The van der Waals surface area contributed by atoms with Crippen molar-refractivity contribution in [2.24, 2.45) is 0 Å². The summed E-state index contributed by atoms with van der Waals surface area (Å²) < 4.78 is 1.40. The molecular weight excluding hydrogens is 368 g/mol. The largest absolute Gasteiger partial charge is 0.396 e. The topological polar surface area (TPSA) is 104 Å². The van der Waals surface area contributed by atoms with Crippen LogP contribution in [0, 0.1) is 0 Å². The number of hydrogen-bond donors (Lipinski definition) is 3. The van der Waals surface area contributed by atoms with Crippen molar-refractivity contribution in [3.63, 3.8) is 0 Å². The fraction of sp³-hybridized carbons (Fsp3) is 0.455. The molecule has 0 bridgehead atoms. The Labute approximate surface area is 170 Å². The van der Waals surface area contributed by atoms with Crippen LogP contribution in [-0.2, 0) is 6.54 Å². The van der Waals surface area contributed by atoms with Gasteiger partial charge < -0.3 is 15.7 Å². The molecule has 29 heavy (non-hydrogen) atoms. The summed E-state index contributed by atoms with van der Waals surface area (Å²) >= 11 is 0. The number of aliphatic hydroxyl groups is 1. The van der Waals surface area contributed by atoms with Gasteiger partial charge in [-0.1, -0.05) is 42.0 Å². The number of nitrogens with zero attached hydrogens (tertiary/aromatic N) is 2. The number of aromatic nitrogens is 2. The number of nitrogen functional groups attached to an aromatic ring is 1. The van der Waals surface area contributed by atoms with Crippen LogP contribution >= 0.6 is 0 Å². The van der Waals surface area contributed by atoms with Crippen LogP contribution in [0.1, 0.15) is 44.1 Å². The zero-order valence-electron chi connectivity index (χ0n) is 16.8. The second-order valence-corrected chi connectivity index (χ2v) is 7.49. The summed E-state index contributed by atoms with van der Waals surface area (Å²) in [5, 5.41) is 9.30. The minimum atomic E-state index is -0.516. The van der Waals surface area contributed by atoms with E-state index in [2.05, 4.69) is 11.1 Å². The summed E-state index contributed by atoms with van der Waals surface area (Å²) in [6.07, 6.45) is 8.29. The van der Waals surface area contributed by atoms with E-state index in [-0.39, 0.29) is 19.0 Å². The SMILES string of the molecule is Nc1c(N(CCCO)CCC2=CCCCC2)c(=O)[nH]c(=O)n1Cc1ccccc1. The van der Waals surface area contributed by atoms with E-state index in [4.69, 9.17) is 5.73 Å². The van der Waals surface area contributed by atoms with Gasteiger partial charge in [-0.15, -0.1) is 0 Å². The van der Waals surface area contributed by atoms with Gasteiger partial charge in [-0.05, 0) is 44.1 Å². The molecule has 1 aliphatic rings. The molecule has 0 saturated carbocycles. The highest BCUT2D eigenvalue weighted by Gasteiger charge is 2.19. The molecular formula is C22H30N4O3. The van der Waals surface area contributed by atoms with Gasteiger partial charge in [0.2, 0.25) is 0 Å². The highest BCUT2D eigenvalue weighted by Crippen LogP contribution is 2.23. The number of anilines is 2. The molecule has 3 rings (SSSR count).